The van der Waals surface area contributed by atoms with Crippen LogP contribution in [0, 0.1) is 0 Å². The largest absolute Gasteiger partial charge is 0.479 e. The van der Waals surface area contributed by atoms with Crippen LogP contribution in [0.15, 0.2) is 0 Å². The van der Waals surface area contributed by atoms with Gasteiger partial charge in [0.25, 0.3) is 6.43 Å². The predicted molar refractivity (Wildman–Crippen MR) is 51.7 cm³/mol. The number of alkyl halides is 5. The number of carbonyl (C=O) groups is 2. The van der Waals surface area contributed by atoms with Gasteiger partial charge < -0.3 is 15.2 Å². The van der Waals surface area contributed by atoms with Crippen molar-refractivity contribution in [3.8, 4) is 0 Å². The first-order chi connectivity index (χ1) is 8.50. The van der Waals surface area contributed by atoms with Gasteiger partial charge in [0.1, 0.15) is 6.61 Å². The minimum absolute atomic E-state index is 0.285. The van der Waals surface area contributed by atoms with Crippen molar-refractivity contribution in [2.75, 3.05) is 13.2 Å². The maximum absolute atomic E-state index is 12.5. The van der Waals surface area contributed by atoms with Crippen LogP contribution in [0.3, 0.4) is 0 Å². The van der Waals surface area contributed by atoms with Gasteiger partial charge in [-0.2, -0.15) is 13.2 Å². The number of carbonyl (C=O) groups excluding carboxylic acids is 1. The SMILES string of the molecule is CC(NC(=O)CCOCC(F)F)(C(=O)O)C(F)(F)F. The number of hydrogen-bond acceptors (Lipinski definition) is 3. The molecule has 112 valence electrons. The number of carboxylic acid groups (broad SMARTS) is 1. The second-order valence-electron chi connectivity index (χ2n) is 3.69. The first-order valence-electron chi connectivity index (χ1n) is 4.97. The molecule has 0 heterocycles. The second kappa shape index (κ2) is 6.64. The topological polar surface area (TPSA) is 75.6 Å². The highest BCUT2D eigenvalue weighted by atomic mass is 19.4. The molecule has 0 aromatic rings. The summed E-state index contributed by atoms with van der Waals surface area (Å²) in [7, 11) is 0. The number of amides is 1. The number of halogens is 5. The van der Waals surface area contributed by atoms with Gasteiger partial charge in [0, 0.05) is 6.42 Å². The molecule has 1 unspecified atom stereocenters. The molecular weight excluding hydrogens is 281 g/mol. The fourth-order valence-electron chi connectivity index (χ4n) is 0.924. The quantitative estimate of drug-likeness (QED) is 0.546. The van der Waals surface area contributed by atoms with Gasteiger partial charge in [-0.1, -0.05) is 0 Å². The van der Waals surface area contributed by atoms with Crippen molar-refractivity contribution >= 4 is 11.9 Å². The van der Waals surface area contributed by atoms with Crippen molar-refractivity contribution in [3.63, 3.8) is 0 Å². The fourth-order valence-corrected chi connectivity index (χ4v) is 0.924. The maximum atomic E-state index is 12.5. The molecule has 19 heavy (non-hydrogen) atoms. The lowest BCUT2D eigenvalue weighted by atomic mass is 10.0. The summed E-state index contributed by atoms with van der Waals surface area (Å²) in [5.41, 5.74) is -3.44. The molecule has 0 aromatic heterocycles. The fraction of sp³-hybridized carbons (Fsp3) is 0.778. The van der Waals surface area contributed by atoms with Crippen LogP contribution in [-0.2, 0) is 14.3 Å². The van der Waals surface area contributed by atoms with E-state index in [-0.39, 0.29) is 6.92 Å². The van der Waals surface area contributed by atoms with E-state index in [2.05, 4.69) is 4.74 Å². The monoisotopic (exact) mass is 293 g/mol. The van der Waals surface area contributed by atoms with E-state index >= 15 is 0 Å². The molecule has 0 saturated carbocycles. The normalized spacial score (nSPS) is 15.1. The summed E-state index contributed by atoms with van der Waals surface area (Å²) >= 11 is 0. The molecule has 10 heteroatoms. The Labute approximate surface area is 104 Å². The Hall–Kier alpha value is -1.45. The minimum Gasteiger partial charge on any atom is -0.479 e. The van der Waals surface area contributed by atoms with E-state index in [0.29, 0.717) is 0 Å². The van der Waals surface area contributed by atoms with Crippen LogP contribution in [-0.4, -0.2) is 48.3 Å². The predicted octanol–water partition coefficient (Wildman–Crippen LogP) is 1.18. The lowest BCUT2D eigenvalue weighted by Crippen LogP contribution is -2.62. The van der Waals surface area contributed by atoms with E-state index in [0.717, 1.165) is 0 Å². The van der Waals surface area contributed by atoms with E-state index in [1.807, 2.05) is 0 Å². The van der Waals surface area contributed by atoms with Gasteiger partial charge in [0.15, 0.2) is 0 Å². The minimum atomic E-state index is -5.20. The Morgan fingerprint density at radius 1 is 1.32 bits per heavy atom. The molecule has 2 N–H and O–H groups in total. The number of rotatable bonds is 7. The van der Waals surface area contributed by atoms with Crippen LogP contribution in [0.1, 0.15) is 13.3 Å². The number of aliphatic carboxylic acids is 1. The van der Waals surface area contributed by atoms with Gasteiger partial charge in [-0.3, -0.25) is 4.79 Å². The number of nitrogens with one attached hydrogen (secondary N) is 1. The van der Waals surface area contributed by atoms with Gasteiger partial charge in [-0.15, -0.1) is 0 Å². The van der Waals surface area contributed by atoms with E-state index in [1.165, 1.54) is 5.32 Å². The Morgan fingerprint density at radius 2 is 1.84 bits per heavy atom. The van der Waals surface area contributed by atoms with Crippen molar-refractivity contribution in [2.24, 2.45) is 0 Å². The van der Waals surface area contributed by atoms with Crippen molar-refractivity contribution in [2.45, 2.75) is 31.5 Å². The van der Waals surface area contributed by atoms with Crippen molar-refractivity contribution in [1.29, 1.82) is 0 Å². The summed E-state index contributed by atoms with van der Waals surface area (Å²) in [5, 5.41) is 9.79. The lowest BCUT2D eigenvalue weighted by Gasteiger charge is -2.28. The summed E-state index contributed by atoms with van der Waals surface area (Å²) < 4.78 is 65.0. The molecule has 0 bridgehead atoms. The summed E-state index contributed by atoms with van der Waals surface area (Å²) in [6.07, 6.45) is -8.62. The Bertz CT molecular complexity index is 333. The molecule has 0 aliphatic rings. The molecule has 1 atom stereocenters. The second-order valence-corrected chi connectivity index (χ2v) is 3.69. The third-order valence-electron chi connectivity index (χ3n) is 2.10. The van der Waals surface area contributed by atoms with E-state index < -0.39 is 49.7 Å². The summed E-state index contributed by atoms with van der Waals surface area (Å²) in [5.74, 6) is -3.54. The standard InChI is InChI=1S/C9H12F5NO4/c1-8(7(17)18,9(12,13)14)15-6(16)2-3-19-4-5(10)11/h5H,2-4H2,1H3,(H,15,16)(H,17,18). The van der Waals surface area contributed by atoms with Gasteiger partial charge in [0.05, 0.1) is 6.61 Å². The van der Waals surface area contributed by atoms with Crippen LogP contribution in [0.4, 0.5) is 22.0 Å². The van der Waals surface area contributed by atoms with Crippen molar-refractivity contribution in [3.05, 3.63) is 0 Å². The zero-order valence-corrected chi connectivity index (χ0v) is 9.76. The third-order valence-corrected chi connectivity index (χ3v) is 2.10. The zero-order chi connectivity index (χ0) is 15.3. The molecule has 0 saturated heterocycles. The van der Waals surface area contributed by atoms with Gasteiger partial charge in [-0.25, -0.2) is 13.6 Å². The van der Waals surface area contributed by atoms with E-state index in [9.17, 15) is 31.5 Å². The number of carboxylic acids is 1. The van der Waals surface area contributed by atoms with Crippen LogP contribution in [0.25, 0.3) is 0 Å². The first kappa shape index (κ1) is 17.6. The maximum Gasteiger partial charge on any atom is 0.422 e. The highest BCUT2D eigenvalue weighted by Crippen LogP contribution is 2.30. The molecule has 0 aliphatic carbocycles. The first-order valence-corrected chi connectivity index (χ1v) is 4.97. The van der Waals surface area contributed by atoms with E-state index in [1.54, 1.807) is 0 Å². The van der Waals surface area contributed by atoms with Crippen LogP contribution < -0.4 is 5.32 Å². The molecule has 1 amide bonds. The van der Waals surface area contributed by atoms with Crippen LogP contribution in [0.2, 0.25) is 0 Å². The summed E-state index contributed by atoms with van der Waals surface area (Å²) in [4.78, 5) is 21.7. The average molecular weight is 293 g/mol. The average Bonchev–Trinajstić information content (AvgIpc) is 2.22. The molecule has 0 fully saturated rings. The molecule has 0 rings (SSSR count). The molecule has 0 aromatic carbocycles. The van der Waals surface area contributed by atoms with Crippen molar-refractivity contribution in [1.82, 2.24) is 5.32 Å². The van der Waals surface area contributed by atoms with E-state index in [4.69, 9.17) is 5.11 Å². The van der Waals surface area contributed by atoms with Gasteiger partial charge >= 0.3 is 12.1 Å². The van der Waals surface area contributed by atoms with Gasteiger partial charge in [-0.05, 0) is 6.92 Å². The number of hydrogen-bond donors (Lipinski definition) is 2. The molecule has 5 nitrogen and oxygen atoms in total. The smallest absolute Gasteiger partial charge is 0.422 e. The Kier molecular flexibility index (Phi) is 6.13. The third kappa shape index (κ3) is 5.37. The Morgan fingerprint density at radius 3 is 2.21 bits per heavy atom. The highest BCUT2D eigenvalue weighted by Gasteiger charge is 2.58. The highest BCUT2D eigenvalue weighted by molar-refractivity contribution is 5.87. The van der Waals surface area contributed by atoms with Gasteiger partial charge in [0.2, 0.25) is 11.4 Å². The molecule has 0 radical (unpaired) electrons. The lowest BCUT2D eigenvalue weighted by molar-refractivity contribution is -0.207. The Balaban J connectivity index is 4.39. The van der Waals surface area contributed by atoms with Crippen LogP contribution >= 0.6 is 0 Å². The number of ether oxygens (including phenoxy) is 1. The summed E-state index contributed by atoms with van der Waals surface area (Å²) in [6, 6.07) is 0. The van der Waals surface area contributed by atoms with Crippen molar-refractivity contribution < 1.29 is 41.4 Å². The molecule has 0 aliphatic heterocycles. The zero-order valence-electron chi connectivity index (χ0n) is 9.76. The summed E-state index contributed by atoms with van der Waals surface area (Å²) in [6.45, 7) is -1.21. The van der Waals surface area contributed by atoms with Crippen LogP contribution in [0.5, 0.6) is 0 Å². The molecular formula is C9H12F5NO4. The molecule has 0 spiro atoms.